The van der Waals surface area contributed by atoms with Crippen LogP contribution in [0.3, 0.4) is 0 Å². The zero-order valence-corrected chi connectivity index (χ0v) is 14.3. The lowest BCUT2D eigenvalue weighted by atomic mass is 10.1. The second kappa shape index (κ2) is 6.66. The number of amides is 1. The molecule has 0 aromatic heterocycles. The Hall–Kier alpha value is -2.71. The summed E-state index contributed by atoms with van der Waals surface area (Å²) in [7, 11) is -2.33. The highest BCUT2D eigenvalue weighted by Gasteiger charge is 2.21. The van der Waals surface area contributed by atoms with Crippen molar-refractivity contribution in [3.63, 3.8) is 0 Å². The van der Waals surface area contributed by atoms with Crippen molar-refractivity contribution in [3.8, 4) is 5.75 Å². The minimum Gasteiger partial charge on any atom is -0.507 e. The molecule has 130 valence electrons. The molecule has 0 heterocycles. The number of carbonyl (C=O) groups is 1. The summed E-state index contributed by atoms with van der Waals surface area (Å²) < 4.78 is 25.8. The molecule has 1 amide bonds. The van der Waals surface area contributed by atoms with Crippen LogP contribution in [-0.2, 0) is 16.4 Å². The number of aromatic hydroxyl groups is 1. The number of fused-ring (bicyclic) bond motifs is 1. The average molecular weight is 359 g/mol. The number of phenols is 1. The van der Waals surface area contributed by atoms with Gasteiger partial charge in [0, 0.05) is 11.1 Å². The Labute approximate surface area is 145 Å². The first-order valence-electron chi connectivity index (χ1n) is 7.64. The fraction of sp³-hybridized carbons (Fsp3) is 0.176. The van der Waals surface area contributed by atoms with Crippen LogP contribution in [0.4, 0.5) is 0 Å². The number of aryl methyl sites for hydroxylation is 1. The van der Waals surface area contributed by atoms with E-state index in [0.717, 1.165) is 12.0 Å². The van der Waals surface area contributed by atoms with Crippen LogP contribution in [0.1, 0.15) is 27.9 Å². The van der Waals surface area contributed by atoms with Crippen LogP contribution in [0.25, 0.3) is 0 Å². The molecule has 0 spiro atoms. The van der Waals surface area contributed by atoms with Crippen LogP contribution >= 0.6 is 0 Å². The summed E-state index contributed by atoms with van der Waals surface area (Å²) in [6.45, 7) is 0. The van der Waals surface area contributed by atoms with Crippen LogP contribution in [0.5, 0.6) is 5.75 Å². The van der Waals surface area contributed by atoms with Gasteiger partial charge >= 0.3 is 0 Å². The van der Waals surface area contributed by atoms with Crippen LogP contribution in [0.2, 0.25) is 0 Å². The number of hydrazone groups is 1. The molecule has 0 aliphatic heterocycles. The first-order valence-corrected chi connectivity index (χ1v) is 9.12. The lowest BCUT2D eigenvalue weighted by molar-refractivity contribution is 0.0954. The summed E-state index contributed by atoms with van der Waals surface area (Å²) in [5.74, 6) is -0.394. The number of rotatable bonds is 4. The van der Waals surface area contributed by atoms with Crippen LogP contribution in [0, 0.1) is 0 Å². The van der Waals surface area contributed by atoms with Gasteiger partial charge in [-0.2, -0.15) is 5.10 Å². The molecular weight excluding hydrogens is 342 g/mol. The molecule has 1 aliphatic rings. The summed E-state index contributed by atoms with van der Waals surface area (Å²) in [6, 6.07) is 10.9. The second-order valence-corrected chi connectivity index (χ2v) is 7.43. The van der Waals surface area contributed by atoms with E-state index in [2.05, 4.69) is 15.2 Å². The van der Waals surface area contributed by atoms with E-state index < -0.39 is 15.9 Å². The summed E-state index contributed by atoms with van der Waals surface area (Å²) in [4.78, 5) is 12.3. The molecule has 0 saturated heterocycles. The van der Waals surface area contributed by atoms with Crippen molar-refractivity contribution in [1.29, 1.82) is 0 Å². The molecule has 7 nitrogen and oxygen atoms in total. The maximum absolute atomic E-state index is 12.3. The van der Waals surface area contributed by atoms with E-state index in [1.54, 1.807) is 12.1 Å². The summed E-state index contributed by atoms with van der Waals surface area (Å²) in [6.07, 6.45) is 1.36. The molecule has 3 rings (SSSR count). The predicted molar refractivity (Wildman–Crippen MR) is 93.1 cm³/mol. The highest BCUT2D eigenvalue weighted by molar-refractivity contribution is 7.89. The monoisotopic (exact) mass is 359 g/mol. The molecule has 3 N–H and O–H groups in total. The van der Waals surface area contributed by atoms with Gasteiger partial charge in [0.1, 0.15) is 5.75 Å². The molecule has 25 heavy (non-hydrogen) atoms. The third-order valence-corrected chi connectivity index (χ3v) is 5.43. The lowest BCUT2D eigenvalue weighted by Gasteiger charge is -2.06. The number of nitrogens with zero attached hydrogens (tertiary/aromatic N) is 1. The van der Waals surface area contributed by atoms with E-state index in [0.29, 0.717) is 17.7 Å². The van der Waals surface area contributed by atoms with Crippen molar-refractivity contribution < 1.29 is 18.3 Å². The first kappa shape index (κ1) is 17.1. The Morgan fingerprint density at radius 3 is 2.68 bits per heavy atom. The number of phenolic OH excluding ortho intramolecular Hbond substituents is 1. The highest BCUT2D eigenvalue weighted by Crippen LogP contribution is 2.29. The van der Waals surface area contributed by atoms with Crippen molar-refractivity contribution in [3.05, 3.63) is 59.2 Å². The number of hydrogen-bond donors (Lipinski definition) is 3. The third-order valence-electron chi connectivity index (χ3n) is 4.02. The molecular formula is C17H17N3O4S. The van der Waals surface area contributed by atoms with Gasteiger partial charge in [-0.15, -0.1) is 0 Å². The summed E-state index contributed by atoms with van der Waals surface area (Å²) in [5, 5.41) is 14.1. The number of hydrogen-bond acceptors (Lipinski definition) is 5. The van der Waals surface area contributed by atoms with Gasteiger partial charge in [-0.3, -0.25) is 4.79 Å². The van der Waals surface area contributed by atoms with Crippen molar-refractivity contribution in [1.82, 2.24) is 10.1 Å². The molecule has 0 fully saturated rings. The number of nitrogens with one attached hydrogen (secondary N) is 2. The Kier molecular flexibility index (Phi) is 4.56. The zero-order valence-electron chi connectivity index (χ0n) is 13.5. The Bertz CT molecular complexity index is 968. The Balaban J connectivity index is 1.82. The van der Waals surface area contributed by atoms with Crippen molar-refractivity contribution in [2.24, 2.45) is 5.10 Å². The van der Waals surface area contributed by atoms with Gasteiger partial charge in [-0.25, -0.2) is 18.6 Å². The highest BCUT2D eigenvalue weighted by atomic mass is 32.2. The molecule has 0 saturated carbocycles. The molecule has 0 unspecified atom stereocenters. The topological polar surface area (TPSA) is 108 Å². The fourth-order valence-electron chi connectivity index (χ4n) is 2.72. The number of carbonyl (C=O) groups excluding carboxylic acids is 1. The molecule has 8 heteroatoms. The number of benzene rings is 2. The van der Waals surface area contributed by atoms with Gasteiger partial charge in [0.05, 0.1) is 10.6 Å². The van der Waals surface area contributed by atoms with Gasteiger partial charge < -0.3 is 5.11 Å². The largest absolute Gasteiger partial charge is 0.507 e. The van der Waals surface area contributed by atoms with E-state index in [-0.39, 0.29) is 16.2 Å². The molecule has 1 aliphatic carbocycles. The molecule has 0 atom stereocenters. The number of sulfonamides is 1. The predicted octanol–water partition coefficient (Wildman–Crippen LogP) is 1.38. The summed E-state index contributed by atoms with van der Waals surface area (Å²) in [5.41, 5.74) is 4.83. The van der Waals surface area contributed by atoms with Gasteiger partial charge in [-0.1, -0.05) is 18.2 Å². The fourth-order valence-corrected chi connectivity index (χ4v) is 3.50. The normalized spacial score (nSPS) is 15.2. The maximum atomic E-state index is 12.3. The van der Waals surface area contributed by atoms with Crippen LogP contribution < -0.4 is 10.1 Å². The quantitative estimate of drug-likeness (QED) is 0.717. The molecule has 2 aromatic rings. The lowest BCUT2D eigenvalue weighted by Crippen LogP contribution is -2.22. The molecule has 0 radical (unpaired) electrons. The second-order valence-electron chi connectivity index (χ2n) is 5.55. The smallest absolute Gasteiger partial charge is 0.271 e. The van der Waals surface area contributed by atoms with Crippen molar-refractivity contribution >= 4 is 21.6 Å². The SMILES string of the molecule is CNS(=O)(=O)c1cccc(C(=O)N/N=C2\CCc3cccc(O)c32)c1. The maximum Gasteiger partial charge on any atom is 0.271 e. The van der Waals surface area contributed by atoms with E-state index in [1.165, 1.54) is 31.3 Å². The van der Waals surface area contributed by atoms with Crippen molar-refractivity contribution in [2.75, 3.05) is 7.05 Å². The van der Waals surface area contributed by atoms with Crippen LogP contribution in [0.15, 0.2) is 52.5 Å². The van der Waals surface area contributed by atoms with Crippen LogP contribution in [-0.4, -0.2) is 32.2 Å². The van der Waals surface area contributed by atoms with E-state index in [4.69, 9.17) is 0 Å². The Morgan fingerprint density at radius 2 is 1.92 bits per heavy atom. The van der Waals surface area contributed by atoms with Gasteiger partial charge in [-0.05, 0) is 49.7 Å². The average Bonchev–Trinajstić information content (AvgIpc) is 3.04. The molecule has 2 aromatic carbocycles. The minimum atomic E-state index is -3.63. The molecule has 0 bridgehead atoms. The van der Waals surface area contributed by atoms with E-state index >= 15 is 0 Å². The summed E-state index contributed by atoms with van der Waals surface area (Å²) >= 11 is 0. The third kappa shape index (κ3) is 3.40. The Morgan fingerprint density at radius 1 is 1.16 bits per heavy atom. The van der Waals surface area contributed by atoms with Gasteiger partial charge in [0.25, 0.3) is 5.91 Å². The van der Waals surface area contributed by atoms with Gasteiger partial charge in [0.2, 0.25) is 10.0 Å². The van der Waals surface area contributed by atoms with Gasteiger partial charge in [0.15, 0.2) is 0 Å². The van der Waals surface area contributed by atoms with Crippen molar-refractivity contribution in [2.45, 2.75) is 17.7 Å². The van der Waals surface area contributed by atoms with E-state index in [9.17, 15) is 18.3 Å². The van der Waals surface area contributed by atoms with E-state index in [1.807, 2.05) is 6.07 Å². The zero-order chi connectivity index (χ0) is 18.0. The first-order chi connectivity index (χ1) is 11.9. The standard InChI is InChI=1S/C17H17N3O4S/c1-18-25(23,24)13-6-2-5-12(10-13)17(22)20-19-14-9-8-11-4-3-7-15(21)16(11)14/h2-7,10,18,21H,8-9H2,1H3,(H,20,22)/b19-14+. The minimum absolute atomic E-state index is 0.000778.